The summed E-state index contributed by atoms with van der Waals surface area (Å²) in [7, 11) is 2.17. The van der Waals surface area contributed by atoms with E-state index in [1.165, 1.54) is 0 Å². The summed E-state index contributed by atoms with van der Waals surface area (Å²) in [5.74, 6) is 0.483. The van der Waals surface area contributed by atoms with Crippen molar-refractivity contribution in [2.45, 2.75) is 12.4 Å². The highest BCUT2D eigenvalue weighted by molar-refractivity contribution is 6.16. The van der Waals surface area contributed by atoms with Gasteiger partial charge in [0.15, 0.2) is 0 Å². The van der Waals surface area contributed by atoms with Crippen LogP contribution < -0.4 is 0 Å². The summed E-state index contributed by atoms with van der Waals surface area (Å²) in [6, 6.07) is 6.10. The molecular formula is C13H20ClN5. The van der Waals surface area contributed by atoms with Crippen molar-refractivity contribution in [1.82, 2.24) is 24.6 Å². The molecule has 5 nitrogen and oxygen atoms in total. The first-order valence-corrected chi connectivity index (χ1v) is 7.13. The molecule has 2 atom stereocenters. The number of rotatable bonds is 3. The van der Waals surface area contributed by atoms with Gasteiger partial charge < -0.3 is 0 Å². The van der Waals surface area contributed by atoms with Gasteiger partial charge in [0.1, 0.15) is 0 Å². The van der Waals surface area contributed by atoms with E-state index in [1.54, 1.807) is 0 Å². The second kappa shape index (κ2) is 5.73. The van der Waals surface area contributed by atoms with E-state index in [-0.39, 0.29) is 0 Å². The molecule has 0 saturated carbocycles. The lowest BCUT2D eigenvalue weighted by Crippen LogP contribution is -2.62. The van der Waals surface area contributed by atoms with Crippen molar-refractivity contribution in [3.8, 4) is 0 Å². The molecule has 1 aromatic heterocycles. The first-order valence-electron chi connectivity index (χ1n) is 6.59. The summed E-state index contributed by atoms with van der Waals surface area (Å²) in [5, 5.41) is 0. The van der Waals surface area contributed by atoms with Crippen LogP contribution in [0.25, 0.3) is 0 Å². The third-order valence-corrected chi connectivity index (χ3v) is 3.74. The Morgan fingerprint density at radius 1 is 1.05 bits per heavy atom. The second-order valence-corrected chi connectivity index (χ2v) is 5.75. The van der Waals surface area contributed by atoms with Gasteiger partial charge >= 0.3 is 0 Å². The fourth-order valence-corrected chi connectivity index (χ4v) is 3.06. The van der Waals surface area contributed by atoms with Crippen molar-refractivity contribution in [3.05, 3.63) is 29.6 Å². The Bertz CT molecular complexity index is 423. The number of hydrogen-bond acceptors (Lipinski definition) is 5. The summed E-state index contributed by atoms with van der Waals surface area (Å²) in [5.41, 5.74) is 2.06. The lowest BCUT2D eigenvalue weighted by molar-refractivity contribution is -0.116. The molecule has 0 radical (unpaired) electrons. The van der Waals surface area contributed by atoms with Crippen molar-refractivity contribution in [1.29, 1.82) is 0 Å². The van der Waals surface area contributed by atoms with Gasteiger partial charge in [-0.3, -0.25) is 24.6 Å². The Morgan fingerprint density at radius 3 is 2.42 bits per heavy atom. The van der Waals surface area contributed by atoms with Gasteiger partial charge in [0, 0.05) is 6.54 Å². The molecule has 104 valence electrons. The lowest BCUT2D eigenvalue weighted by atomic mass is 10.3. The zero-order chi connectivity index (χ0) is 13.2. The van der Waals surface area contributed by atoms with Gasteiger partial charge in [-0.15, -0.1) is 11.6 Å². The predicted octanol–water partition coefficient (Wildman–Crippen LogP) is 0.973. The molecule has 2 bridgehead atoms. The molecule has 3 rings (SSSR count). The number of halogens is 1. The largest absolute Gasteiger partial charge is 0.280 e. The maximum absolute atomic E-state index is 5.84. The van der Waals surface area contributed by atoms with Gasteiger partial charge in [-0.2, -0.15) is 0 Å². The Labute approximate surface area is 119 Å². The Hall–Kier alpha value is -0.720. The average molecular weight is 282 g/mol. The topological polar surface area (TPSA) is 25.9 Å². The van der Waals surface area contributed by atoms with E-state index in [0.717, 1.165) is 51.3 Å². The van der Waals surface area contributed by atoms with E-state index in [4.69, 9.17) is 11.6 Å². The summed E-state index contributed by atoms with van der Waals surface area (Å²) in [6.45, 7) is 6.07. The molecule has 1 aromatic rings. The Morgan fingerprint density at radius 2 is 1.74 bits per heavy atom. The quantitative estimate of drug-likeness (QED) is 0.770. The zero-order valence-electron chi connectivity index (χ0n) is 11.3. The first-order chi connectivity index (χ1) is 9.22. The van der Waals surface area contributed by atoms with Gasteiger partial charge in [-0.1, -0.05) is 6.07 Å². The van der Waals surface area contributed by atoms with Crippen LogP contribution in [-0.4, -0.2) is 65.0 Å². The van der Waals surface area contributed by atoms with Gasteiger partial charge in [-0.05, 0) is 19.2 Å². The van der Waals surface area contributed by atoms with Crippen LogP contribution in [0.15, 0.2) is 18.2 Å². The van der Waals surface area contributed by atoms with E-state index in [1.807, 2.05) is 12.1 Å². The number of nitrogens with zero attached hydrogens (tertiary/aromatic N) is 5. The number of pyridine rings is 1. The highest BCUT2D eigenvalue weighted by Crippen LogP contribution is 2.15. The Balaban J connectivity index is 1.64. The number of fused-ring (bicyclic) bond motifs is 2. The SMILES string of the molecule is CN1CN2CN(Cc3cccc(CCl)n3)CN(C1)C2. The van der Waals surface area contributed by atoms with E-state index < -0.39 is 0 Å². The summed E-state index contributed by atoms with van der Waals surface area (Å²) >= 11 is 5.84. The third-order valence-electron chi connectivity index (χ3n) is 3.47. The number of aromatic nitrogens is 1. The molecule has 2 unspecified atom stereocenters. The molecule has 0 amide bonds. The molecular weight excluding hydrogens is 262 g/mol. The van der Waals surface area contributed by atoms with Gasteiger partial charge in [0.05, 0.1) is 50.6 Å². The van der Waals surface area contributed by atoms with Crippen LogP contribution in [0.2, 0.25) is 0 Å². The van der Waals surface area contributed by atoms with Gasteiger partial charge in [-0.25, -0.2) is 0 Å². The van der Waals surface area contributed by atoms with Crippen molar-refractivity contribution >= 4 is 11.6 Å². The van der Waals surface area contributed by atoms with Gasteiger partial charge in [0.25, 0.3) is 0 Å². The van der Waals surface area contributed by atoms with Crippen molar-refractivity contribution in [2.24, 2.45) is 0 Å². The van der Waals surface area contributed by atoms with E-state index in [0.29, 0.717) is 5.88 Å². The summed E-state index contributed by atoms with van der Waals surface area (Å²) in [4.78, 5) is 14.2. The minimum Gasteiger partial charge on any atom is -0.280 e. The second-order valence-electron chi connectivity index (χ2n) is 5.49. The van der Waals surface area contributed by atoms with Crippen LogP contribution in [0.5, 0.6) is 0 Å². The van der Waals surface area contributed by atoms with Crippen LogP contribution >= 0.6 is 11.6 Å². The minimum absolute atomic E-state index is 0.483. The molecule has 0 aromatic carbocycles. The van der Waals surface area contributed by atoms with E-state index in [9.17, 15) is 0 Å². The fourth-order valence-electron chi connectivity index (χ4n) is 2.91. The zero-order valence-corrected chi connectivity index (χ0v) is 12.1. The predicted molar refractivity (Wildman–Crippen MR) is 75.1 cm³/mol. The number of alkyl halides is 1. The Kier molecular flexibility index (Phi) is 4.00. The molecule has 0 spiro atoms. The van der Waals surface area contributed by atoms with Crippen LogP contribution in [-0.2, 0) is 12.4 Å². The minimum atomic E-state index is 0.483. The lowest BCUT2D eigenvalue weighted by Gasteiger charge is -2.48. The van der Waals surface area contributed by atoms with Crippen LogP contribution in [0.3, 0.4) is 0 Å². The molecule has 0 N–H and O–H groups in total. The molecule has 2 aliphatic rings. The monoisotopic (exact) mass is 281 g/mol. The summed E-state index contributed by atoms with van der Waals surface area (Å²) < 4.78 is 0. The normalized spacial score (nSPS) is 28.5. The average Bonchev–Trinajstić information content (AvgIpc) is 2.37. The van der Waals surface area contributed by atoms with Crippen molar-refractivity contribution < 1.29 is 0 Å². The first kappa shape index (κ1) is 13.3. The van der Waals surface area contributed by atoms with Crippen LogP contribution in [0, 0.1) is 0 Å². The smallest absolute Gasteiger partial charge is 0.0647 e. The highest BCUT2D eigenvalue weighted by atomic mass is 35.5. The molecule has 19 heavy (non-hydrogen) atoms. The molecule has 3 heterocycles. The third kappa shape index (κ3) is 3.24. The molecule has 2 fully saturated rings. The molecule has 6 heteroatoms. The molecule has 2 saturated heterocycles. The maximum atomic E-state index is 5.84. The van der Waals surface area contributed by atoms with Crippen LogP contribution in [0.4, 0.5) is 0 Å². The molecule has 2 aliphatic heterocycles. The fraction of sp³-hybridized carbons (Fsp3) is 0.615. The number of hydrogen-bond donors (Lipinski definition) is 0. The highest BCUT2D eigenvalue weighted by Gasteiger charge is 2.28. The van der Waals surface area contributed by atoms with Crippen LogP contribution in [0.1, 0.15) is 11.4 Å². The standard InChI is InChI=1S/C13H20ClN5/c1-16-7-18-9-17(10-19(8-16)11-18)6-13-4-2-3-12(5-14)15-13/h2-4H,5-11H2,1H3. The summed E-state index contributed by atoms with van der Waals surface area (Å²) in [6.07, 6.45) is 0. The maximum Gasteiger partial charge on any atom is 0.0647 e. The molecule has 0 aliphatic carbocycles. The van der Waals surface area contributed by atoms with Gasteiger partial charge in [0.2, 0.25) is 0 Å². The van der Waals surface area contributed by atoms with E-state index >= 15 is 0 Å². The van der Waals surface area contributed by atoms with Crippen molar-refractivity contribution in [2.75, 3.05) is 40.4 Å². The van der Waals surface area contributed by atoms with E-state index in [2.05, 4.69) is 37.7 Å². The van der Waals surface area contributed by atoms with Crippen molar-refractivity contribution in [3.63, 3.8) is 0 Å².